The van der Waals surface area contributed by atoms with Gasteiger partial charge in [-0.15, -0.1) is 0 Å². The number of halogens is 1. The van der Waals surface area contributed by atoms with Gasteiger partial charge in [-0.25, -0.2) is 15.0 Å². The Kier molecular flexibility index (Phi) is 5.34. The van der Waals surface area contributed by atoms with Gasteiger partial charge in [-0.3, -0.25) is 4.79 Å². The molecule has 0 aliphatic carbocycles. The fourth-order valence-electron chi connectivity index (χ4n) is 2.27. The van der Waals surface area contributed by atoms with Crippen molar-refractivity contribution in [2.75, 3.05) is 23.0 Å². The number of carbonyl (C=O) groups is 1. The molecule has 1 amide bonds. The number of amides is 1. The molecule has 0 radical (unpaired) electrons. The third-order valence-electron chi connectivity index (χ3n) is 3.52. The van der Waals surface area contributed by atoms with E-state index in [0.29, 0.717) is 38.2 Å². The summed E-state index contributed by atoms with van der Waals surface area (Å²) in [5.41, 5.74) is 1.50. The first kappa shape index (κ1) is 18.1. The molecule has 3 rings (SSSR count). The van der Waals surface area contributed by atoms with Crippen LogP contribution in [0.1, 0.15) is 21.1 Å². The van der Waals surface area contributed by atoms with Gasteiger partial charge < -0.3 is 16.0 Å². The van der Waals surface area contributed by atoms with E-state index in [4.69, 9.17) is 11.6 Å². The van der Waals surface area contributed by atoms with Crippen LogP contribution in [0.5, 0.6) is 0 Å². The van der Waals surface area contributed by atoms with Crippen LogP contribution in [0.15, 0.2) is 30.5 Å². The normalized spacial score (nSPS) is 10.5. The average Bonchev–Trinajstić information content (AvgIpc) is 3.06. The van der Waals surface area contributed by atoms with Gasteiger partial charge in [0.15, 0.2) is 5.13 Å². The van der Waals surface area contributed by atoms with Gasteiger partial charge in [0.2, 0.25) is 0 Å². The Hall–Kier alpha value is -2.71. The van der Waals surface area contributed by atoms with Crippen molar-refractivity contribution in [1.29, 1.82) is 0 Å². The second kappa shape index (κ2) is 7.67. The molecule has 134 valence electrons. The second-order valence-corrected chi connectivity index (χ2v) is 6.91. The van der Waals surface area contributed by atoms with Crippen molar-refractivity contribution >= 4 is 51.3 Å². The third kappa shape index (κ3) is 4.09. The van der Waals surface area contributed by atoms with Crippen molar-refractivity contribution in [2.45, 2.75) is 13.8 Å². The van der Waals surface area contributed by atoms with E-state index in [1.54, 1.807) is 26.1 Å². The number of aromatic nitrogens is 3. The van der Waals surface area contributed by atoms with Crippen molar-refractivity contribution < 1.29 is 4.79 Å². The van der Waals surface area contributed by atoms with E-state index < -0.39 is 0 Å². The van der Waals surface area contributed by atoms with Crippen LogP contribution >= 0.6 is 22.9 Å². The van der Waals surface area contributed by atoms with Gasteiger partial charge in [-0.2, -0.15) is 0 Å². The van der Waals surface area contributed by atoms with E-state index >= 15 is 0 Å². The standard InChI is InChI=1S/C17H17ClN6OS/c1-9-5-4-6-11(18)15(9)24-16(25)12-8-20-17(26-12)23-14-7-13(19-3)21-10(2)22-14/h4-8H,1-3H3,(H,24,25)(H2,19,20,21,22,23). The number of hydrogen-bond donors (Lipinski definition) is 3. The number of carbonyl (C=O) groups excluding carboxylic acids is 1. The summed E-state index contributed by atoms with van der Waals surface area (Å²) in [5, 5.41) is 9.96. The first-order valence-electron chi connectivity index (χ1n) is 7.79. The molecule has 0 saturated carbocycles. The van der Waals surface area contributed by atoms with Crippen molar-refractivity contribution in [1.82, 2.24) is 15.0 Å². The summed E-state index contributed by atoms with van der Waals surface area (Å²) in [5.74, 6) is 1.67. The number of hydrogen-bond acceptors (Lipinski definition) is 7. The Morgan fingerprint density at radius 1 is 1.19 bits per heavy atom. The fraction of sp³-hybridized carbons (Fsp3) is 0.176. The summed E-state index contributed by atoms with van der Waals surface area (Å²) < 4.78 is 0. The molecule has 26 heavy (non-hydrogen) atoms. The zero-order valence-electron chi connectivity index (χ0n) is 14.4. The molecule has 0 aliphatic rings. The summed E-state index contributed by atoms with van der Waals surface area (Å²) >= 11 is 7.39. The lowest BCUT2D eigenvalue weighted by Crippen LogP contribution is -2.11. The van der Waals surface area contributed by atoms with E-state index in [9.17, 15) is 4.79 Å². The Balaban J connectivity index is 1.75. The summed E-state index contributed by atoms with van der Waals surface area (Å²) in [6.45, 7) is 3.69. The van der Waals surface area contributed by atoms with Crippen molar-refractivity contribution in [2.24, 2.45) is 0 Å². The molecular formula is C17H17ClN6OS. The number of nitrogens with zero attached hydrogens (tertiary/aromatic N) is 3. The van der Waals surface area contributed by atoms with Crippen LogP contribution in [-0.2, 0) is 0 Å². The largest absolute Gasteiger partial charge is 0.373 e. The number of thiazole rings is 1. The van der Waals surface area contributed by atoms with E-state index in [1.165, 1.54) is 17.5 Å². The maximum atomic E-state index is 12.5. The predicted octanol–water partition coefficient (Wildman–Crippen LogP) is 4.24. The van der Waals surface area contributed by atoms with Gasteiger partial charge in [0.25, 0.3) is 5.91 Å². The van der Waals surface area contributed by atoms with Crippen LogP contribution in [-0.4, -0.2) is 27.9 Å². The van der Waals surface area contributed by atoms with Crippen LogP contribution in [0.3, 0.4) is 0 Å². The van der Waals surface area contributed by atoms with Crippen LogP contribution in [0.2, 0.25) is 5.02 Å². The minimum Gasteiger partial charge on any atom is -0.373 e. The monoisotopic (exact) mass is 388 g/mol. The highest BCUT2D eigenvalue weighted by Crippen LogP contribution is 2.28. The quantitative estimate of drug-likeness (QED) is 0.605. The lowest BCUT2D eigenvalue weighted by Gasteiger charge is -2.08. The molecular weight excluding hydrogens is 372 g/mol. The zero-order valence-corrected chi connectivity index (χ0v) is 16.0. The molecule has 0 saturated heterocycles. The van der Waals surface area contributed by atoms with Gasteiger partial charge in [0.1, 0.15) is 22.3 Å². The van der Waals surface area contributed by atoms with E-state index in [1.807, 2.05) is 19.1 Å². The topological polar surface area (TPSA) is 91.8 Å². The minimum absolute atomic E-state index is 0.262. The van der Waals surface area contributed by atoms with Crippen LogP contribution in [0.25, 0.3) is 0 Å². The summed E-state index contributed by atoms with van der Waals surface area (Å²) in [6.07, 6.45) is 1.52. The number of rotatable bonds is 5. The molecule has 0 aliphatic heterocycles. The first-order chi connectivity index (χ1) is 12.5. The molecule has 3 aromatic rings. The fourth-order valence-corrected chi connectivity index (χ4v) is 3.26. The zero-order chi connectivity index (χ0) is 18.7. The molecule has 7 nitrogen and oxygen atoms in total. The van der Waals surface area contributed by atoms with Crippen LogP contribution < -0.4 is 16.0 Å². The molecule has 0 spiro atoms. The summed E-state index contributed by atoms with van der Waals surface area (Å²) in [6, 6.07) is 7.23. The van der Waals surface area contributed by atoms with Gasteiger partial charge >= 0.3 is 0 Å². The molecule has 3 N–H and O–H groups in total. The van der Waals surface area contributed by atoms with Gasteiger partial charge in [0.05, 0.1) is 16.9 Å². The SMILES string of the molecule is CNc1cc(Nc2ncc(C(=O)Nc3c(C)cccc3Cl)s2)nc(C)n1. The predicted molar refractivity (Wildman–Crippen MR) is 106 cm³/mol. The van der Waals surface area contributed by atoms with Gasteiger partial charge in [-0.05, 0) is 25.5 Å². The molecule has 0 unspecified atom stereocenters. The van der Waals surface area contributed by atoms with Gasteiger partial charge in [0, 0.05) is 13.1 Å². The average molecular weight is 389 g/mol. The molecule has 2 heterocycles. The highest BCUT2D eigenvalue weighted by molar-refractivity contribution is 7.17. The Morgan fingerprint density at radius 3 is 2.69 bits per heavy atom. The lowest BCUT2D eigenvalue weighted by atomic mass is 10.2. The number of benzene rings is 1. The smallest absolute Gasteiger partial charge is 0.267 e. The summed E-state index contributed by atoms with van der Waals surface area (Å²) in [7, 11) is 1.79. The van der Waals surface area contributed by atoms with Crippen molar-refractivity contribution in [3.8, 4) is 0 Å². The number of aryl methyl sites for hydroxylation is 2. The highest BCUT2D eigenvalue weighted by Gasteiger charge is 2.14. The molecule has 0 bridgehead atoms. The molecule has 0 atom stereocenters. The molecule has 2 aromatic heterocycles. The van der Waals surface area contributed by atoms with E-state index in [0.717, 1.165) is 5.56 Å². The maximum absolute atomic E-state index is 12.5. The summed E-state index contributed by atoms with van der Waals surface area (Å²) in [4.78, 5) is 25.7. The molecule has 0 fully saturated rings. The van der Waals surface area contributed by atoms with Crippen LogP contribution in [0, 0.1) is 13.8 Å². The number of anilines is 4. The first-order valence-corrected chi connectivity index (χ1v) is 8.98. The lowest BCUT2D eigenvalue weighted by molar-refractivity contribution is 0.103. The van der Waals surface area contributed by atoms with Crippen LogP contribution in [0.4, 0.5) is 22.5 Å². The second-order valence-electron chi connectivity index (χ2n) is 5.48. The van der Waals surface area contributed by atoms with E-state index in [-0.39, 0.29) is 5.91 Å². The number of para-hydroxylation sites is 1. The minimum atomic E-state index is -0.262. The molecule has 1 aromatic carbocycles. The van der Waals surface area contributed by atoms with Crippen molar-refractivity contribution in [3.63, 3.8) is 0 Å². The van der Waals surface area contributed by atoms with E-state index in [2.05, 4.69) is 30.9 Å². The van der Waals surface area contributed by atoms with Crippen molar-refractivity contribution in [3.05, 3.63) is 51.7 Å². The Labute approximate surface area is 159 Å². The maximum Gasteiger partial charge on any atom is 0.267 e. The Bertz CT molecular complexity index is 938. The number of nitrogens with one attached hydrogen (secondary N) is 3. The van der Waals surface area contributed by atoms with Gasteiger partial charge in [-0.1, -0.05) is 35.1 Å². The highest BCUT2D eigenvalue weighted by atomic mass is 35.5. The molecule has 9 heteroatoms. The Morgan fingerprint density at radius 2 is 1.96 bits per heavy atom. The third-order valence-corrected chi connectivity index (χ3v) is 4.75.